The van der Waals surface area contributed by atoms with E-state index in [0.29, 0.717) is 24.0 Å². The van der Waals surface area contributed by atoms with E-state index >= 15 is 0 Å². The highest BCUT2D eigenvalue weighted by atomic mass is 16.7. The lowest BCUT2D eigenvalue weighted by atomic mass is 9.35. The molecule has 8 nitrogen and oxygen atoms in total. The zero-order valence-corrected chi connectivity index (χ0v) is 19.4. The molecule has 4 aliphatic heterocycles. The van der Waals surface area contributed by atoms with Crippen molar-refractivity contribution in [3.8, 4) is 0 Å². The highest BCUT2D eigenvalue weighted by Gasteiger charge is 2.98. The van der Waals surface area contributed by atoms with Crippen LogP contribution in [0.5, 0.6) is 0 Å². The molecule has 5 fully saturated rings. The van der Waals surface area contributed by atoms with Gasteiger partial charge in [0, 0.05) is 11.5 Å². The van der Waals surface area contributed by atoms with E-state index in [4.69, 9.17) is 18.9 Å². The van der Waals surface area contributed by atoms with Crippen molar-refractivity contribution in [2.45, 2.75) is 82.1 Å². The minimum atomic E-state index is -1.80. The van der Waals surface area contributed by atoms with Crippen molar-refractivity contribution in [1.82, 2.24) is 0 Å². The van der Waals surface area contributed by atoms with Crippen molar-refractivity contribution < 1.29 is 38.4 Å². The van der Waals surface area contributed by atoms with Gasteiger partial charge >= 0.3 is 17.9 Å². The fourth-order valence-corrected chi connectivity index (χ4v) is 8.44. The Balaban J connectivity index is 1.72. The highest BCUT2D eigenvalue weighted by molar-refractivity contribution is 6.02. The van der Waals surface area contributed by atoms with Crippen molar-refractivity contribution >= 4 is 17.9 Å². The van der Waals surface area contributed by atoms with Gasteiger partial charge in [-0.05, 0) is 51.7 Å². The molecule has 33 heavy (non-hydrogen) atoms. The predicted octanol–water partition coefficient (Wildman–Crippen LogP) is 1.91. The summed E-state index contributed by atoms with van der Waals surface area (Å²) in [6, 6.07) is 0. The van der Waals surface area contributed by atoms with E-state index in [9.17, 15) is 19.5 Å². The van der Waals surface area contributed by atoms with Gasteiger partial charge in [-0.15, -0.1) is 0 Å². The van der Waals surface area contributed by atoms with E-state index in [-0.39, 0.29) is 0 Å². The molecule has 1 N–H and O–H groups in total. The molecule has 3 saturated heterocycles. The smallest absolute Gasteiger partial charge is 0.344 e. The van der Waals surface area contributed by atoms with Gasteiger partial charge < -0.3 is 24.1 Å². The number of rotatable bonds is 0. The van der Waals surface area contributed by atoms with E-state index in [0.717, 1.165) is 0 Å². The van der Waals surface area contributed by atoms with Gasteiger partial charge in [-0.3, -0.25) is 4.79 Å². The van der Waals surface area contributed by atoms with Crippen LogP contribution >= 0.6 is 0 Å². The maximum atomic E-state index is 13.7. The van der Waals surface area contributed by atoms with Crippen LogP contribution in [-0.2, 0) is 33.3 Å². The molecule has 0 aromatic rings. The Morgan fingerprint density at radius 1 is 0.970 bits per heavy atom. The van der Waals surface area contributed by atoms with Crippen LogP contribution in [0, 0.1) is 16.2 Å². The molecule has 2 aliphatic carbocycles. The summed E-state index contributed by atoms with van der Waals surface area (Å²) in [6.07, 6.45) is 1.59. The zero-order valence-electron chi connectivity index (χ0n) is 19.4. The minimum absolute atomic E-state index is 0.292. The number of carbonyl (C=O) groups excluding carboxylic acids is 3. The summed E-state index contributed by atoms with van der Waals surface area (Å²) in [7, 11) is 0. The van der Waals surface area contributed by atoms with Crippen LogP contribution in [-0.4, -0.2) is 57.6 Å². The Bertz CT molecular complexity index is 1150. The maximum Gasteiger partial charge on any atom is 0.344 e. The minimum Gasteiger partial charge on any atom is -0.458 e. The largest absolute Gasteiger partial charge is 0.458 e. The van der Waals surface area contributed by atoms with E-state index in [1.54, 1.807) is 33.8 Å². The number of hydrogen-bond acceptors (Lipinski definition) is 8. The Labute approximate surface area is 191 Å². The van der Waals surface area contributed by atoms with E-state index in [1.165, 1.54) is 6.08 Å². The number of carbonyl (C=O) groups is 3. The summed E-state index contributed by atoms with van der Waals surface area (Å²) in [5.74, 6) is -1.80. The van der Waals surface area contributed by atoms with Gasteiger partial charge in [-0.25, -0.2) is 9.59 Å². The first kappa shape index (κ1) is 21.1. The van der Waals surface area contributed by atoms with Gasteiger partial charge in [0.2, 0.25) is 5.60 Å². The maximum absolute atomic E-state index is 13.7. The molecule has 8 atom stereocenters. The molecular weight excluding hydrogens is 428 g/mol. The fourth-order valence-electron chi connectivity index (χ4n) is 8.44. The molecule has 0 aromatic carbocycles. The van der Waals surface area contributed by atoms with Crippen molar-refractivity contribution in [3.63, 3.8) is 0 Å². The quantitative estimate of drug-likeness (QED) is 0.335. The Morgan fingerprint density at radius 2 is 1.64 bits per heavy atom. The molecule has 8 heteroatoms. The number of aliphatic hydroxyl groups excluding tert-OH is 1. The normalized spacial score (nSPS) is 55.3. The predicted molar refractivity (Wildman–Crippen MR) is 112 cm³/mol. The SMILES string of the molecule is C=C1C2(C=CC(=O)OC2(C)C)CCC2(C)C13OC14C(=O)OC(C)(C(=C)C12C(=O)OC4C)C3O. The molecule has 8 unspecified atom stereocenters. The zero-order chi connectivity index (χ0) is 24.2. The van der Waals surface area contributed by atoms with Crippen LogP contribution in [0.15, 0.2) is 36.5 Å². The third-order valence-electron chi connectivity index (χ3n) is 10.2. The fraction of sp³-hybridized carbons (Fsp3) is 0.640. The molecular formula is C25H28O8. The summed E-state index contributed by atoms with van der Waals surface area (Å²) < 4.78 is 24.0. The standard InChI is InChI=1S/C25H28O8/c1-12-21(7)16(27)24-13(2)22(9-8-15(26)31-19(22,4)5)11-10-20(24,6)23(12)17(28)30-14(3)25(23,33-24)18(29)32-21/h8-9,14,16,27H,1-2,10-11H2,3-7H3. The summed E-state index contributed by atoms with van der Waals surface area (Å²) >= 11 is 0. The third kappa shape index (κ3) is 1.54. The lowest BCUT2D eigenvalue weighted by Gasteiger charge is -2.67. The average Bonchev–Trinajstić information content (AvgIpc) is 3.04. The van der Waals surface area contributed by atoms with E-state index in [1.807, 2.05) is 6.92 Å². The molecule has 0 radical (unpaired) electrons. The topological polar surface area (TPSA) is 108 Å². The van der Waals surface area contributed by atoms with Crippen LogP contribution in [0.4, 0.5) is 0 Å². The number of fused-ring (bicyclic) bond motifs is 1. The van der Waals surface area contributed by atoms with Crippen LogP contribution in [0.3, 0.4) is 0 Å². The van der Waals surface area contributed by atoms with Crippen molar-refractivity contribution in [3.05, 3.63) is 36.5 Å². The Morgan fingerprint density at radius 3 is 2.27 bits per heavy atom. The Hall–Kier alpha value is -2.45. The monoisotopic (exact) mass is 456 g/mol. The van der Waals surface area contributed by atoms with Gasteiger partial charge in [0.1, 0.15) is 28.8 Å². The van der Waals surface area contributed by atoms with Crippen molar-refractivity contribution in [2.75, 3.05) is 0 Å². The number of esters is 3. The first-order chi connectivity index (χ1) is 15.2. The summed E-state index contributed by atoms with van der Waals surface area (Å²) in [4.78, 5) is 39.5. The second kappa shape index (κ2) is 5.13. The van der Waals surface area contributed by atoms with Crippen molar-refractivity contribution in [1.29, 1.82) is 0 Å². The van der Waals surface area contributed by atoms with E-state index < -0.39 is 68.8 Å². The van der Waals surface area contributed by atoms with Crippen LogP contribution in [0.25, 0.3) is 0 Å². The molecule has 2 saturated carbocycles. The highest BCUT2D eigenvalue weighted by Crippen LogP contribution is 2.84. The first-order valence-electron chi connectivity index (χ1n) is 11.3. The van der Waals surface area contributed by atoms with Crippen LogP contribution < -0.4 is 0 Å². The molecule has 3 bridgehead atoms. The lowest BCUT2D eigenvalue weighted by molar-refractivity contribution is -0.231. The van der Waals surface area contributed by atoms with Gasteiger partial charge in [0.25, 0.3) is 0 Å². The summed E-state index contributed by atoms with van der Waals surface area (Å²) in [5, 5.41) is 12.0. The van der Waals surface area contributed by atoms with Gasteiger partial charge in [0.15, 0.2) is 5.60 Å². The van der Waals surface area contributed by atoms with Crippen LogP contribution in [0.1, 0.15) is 47.5 Å². The van der Waals surface area contributed by atoms with Gasteiger partial charge in [-0.2, -0.15) is 0 Å². The first-order valence-corrected chi connectivity index (χ1v) is 11.3. The number of aliphatic hydroxyl groups is 1. The molecule has 6 rings (SSSR count). The van der Waals surface area contributed by atoms with Gasteiger partial charge in [0.05, 0.1) is 5.41 Å². The van der Waals surface area contributed by atoms with Crippen molar-refractivity contribution in [2.24, 2.45) is 16.2 Å². The van der Waals surface area contributed by atoms with E-state index in [2.05, 4.69) is 13.2 Å². The number of cyclic esters (lactones) is 2. The Kier molecular flexibility index (Phi) is 3.28. The molecule has 2 spiro atoms. The second-order valence-corrected chi connectivity index (χ2v) is 11.3. The average molecular weight is 456 g/mol. The number of hydrogen-bond donors (Lipinski definition) is 1. The molecule has 4 heterocycles. The molecule has 176 valence electrons. The second-order valence-electron chi connectivity index (χ2n) is 11.3. The number of ether oxygens (including phenoxy) is 4. The summed E-state index contributed by atoms with van der Waals surface area (Å²) in [5.41, 5.74) is -8.79. The molecule has 0 aromatic heterocycles. The van der Waals surface area contributed by atoms with Gasteiger partial charge in [-0.1, -0.05) is 26.2 Å². The molecule has 6 aliphatic rings. The third-order valence-corrected chi connectivity index (χ3v) is 10.2. The summed E-state index contributed by atoms with van der Waals surface area (Å²) in [6.45, 7) is 17.3. The van der Waals surface area contributed by atoms with Crippen LogP contribution in [0.2, 0.25) is 0 Å². The lowest BCUT2D eigenvalue weighted by Crippen LogP contribution is -2.79. The molecule has 0 amide bonds.